The van der Waals surface area contributed by atoms with Crippen LogP contribution < -0.4 is 64.6 Å². The molecule has 0 radical (unpaired) electrons. The van der Waals surface area contributed by atoms with E-state index in [1.54, 1.807) is 85.8 Å². The molecule has 0 bridgehead atoms. The molecule has 5 heterocycles. The van der Waals surface area contributed by atoms with Crippen molar-refractivity contribution in [1.29, 1.82) is 5.26 Å². The largest absolute Gasteiger partial charge is 2.00 e. The van der Waals surface area contributed by atoms with Gasteiger partial charge in [0.05, 0.1) is 113 Å². The van der Waals surface area contributed by atoms with Crippen LogP contribution in [0.1, 0.15) is 172 Å². The van der Waals surface area contributed by atoms with Crippen molar-refractivity contribution in [2.75, 3.05) is 6.61 Å². The molecule has 4 aliphatic carbocycles. The average molecular weight is 2000 g/mol. The van der Waals surface area contributed by atoms with Crippen LogP contribution in [0.3, 0.4) is 0 Å². The van der Waals surface area contributed by atoms with Gasteiger partial charge in [0.25, 0.3) is 0 Å². The maximum Gasteiger partial charge on any atom is 2.00 e. The van der Waals surface area contributed by atoms with Gasteiger partial charge < -0.3 is 95.3 Å². The van der Waals surface area contributed by atoms with Gasteiger partial charge in [0.2, 0.25) is 0 Å². The summed E-state index contributed by atoms with van der Waals surface area (Å²) >= 11 is 0. The first kappa shape index (κ1) is 118. The van der Waals surface area contributed by atoms with Gasteiger partial charge in [-0.05, 0) is 147 Å². The summed E-state index contributed by atoms with van der Waals surface area (Å²) in [5.41, 5.74) is 17.8. The van der Waals surface area contributed by atoms with Gasteiger partial charge in [-0.2, -0.15) is 5.26 Å². The van der Waals surface area contributed by atoms with E-state index in [9.17, 15) is 82.7 Å². The molecule has 0 amide bonds. The molecule has 17 rings (SSSR count). The number of fused-ring (bicyclic) bond motifs is 4. The predicted molar refractivity (Wildman–Crippen MR) is 509 cm³/mol. The summed E-state index contributed by atoms with van der Waals surface area (Å²) in [6.45, 7) is 3.38. The van der Waals surface area contributed by atoms with Crippen molar-refractivity contribution in [3.8, 4) is 50.6 Å². The zero-order chi connectivity index (χ0) is 90.7. The summed E-state index contributed by atoms with van der Waals surface area (Å²) in [4.78, 5) is 64.1. The first-order valence-corrected chi connectivity index (χ1v) is 42.8. The molecule has 4 aromatic heterocycles. The molecule has 3 saturated carbocycles. The Morgan fingerprint density at radius 3 is 1.01 bits per heavy atom. The molecule has 1 saturated heterocycles. The van der Waals surface area contributed by atoms with Crippen LogP contribution in [0, 0.1) is 34.6 Å². The number of carboxylic acid groups (broad SMARTS) is 2. The van der Waals surface area contributed by atoms with Crippen molar-refractivity contribution in [2.45, 2.75) is 176 Å². The number of ether oxygens (including phenoxy) is 2. The number of benzene rings is 8. The number of esters is 2. The third kappa shape index (κ3) is 33.1. The molecule has 0 spiro atoms. The quantitative estimate of drug-likeness (QED) is 0.0108. The number of nitrogens with zero attached hydrogens (tertiary/aromatic N) is 5. The number of hydrogen-bond acceptors (Lipinski definition) is 20. The van der Waals surface area contributed by atoms with Crippen molar-refractivity contribution >= 4 is 192 Å². The number of pyridine rings is 4. The Morgan fingerprint density at radius 2 is 0.743 bits per heavy atom. The number of aliphatic hydroxyl groups is 7. The van der Waals surface area contributed by atoms with Crippen molar-refractivity contribution in [3.05, 3.63) is 299 Å². The molecule has 21 nitrogen and oxygen atoms in total. The fourth-order valence-electron chi connectivity index (χ4n) is 15.7. The molecule has 0 unspecified atom stereocenters. The third-order valence-corrected chi connectivity index (χ3v) is 22.1. The van der Waals surface area contributed by atoms with Crippen LogP contribution in [-0.4, -0.2) is 216 Å². The SMILES string of the molecule is CC#N.CCOC(=O)C[C@H](O)C[C@H](O)/C=C/c1c(C2CC2)nc2ccccc2c1-c1ccc(F)cc1.Cl.Cl.O.O=C([O-])C[C@H](O)C[C@H](O)/C=C/c1c(C2C=C2)nc2ccccc2c1-c1ccc(F)cc1.O=C([O-])C[C@H](O)C[C@H](O)/C=C/c1c(C2CC2)nc2ccccc2c1-c1ccc(F)cc1.O=C1C[C@H](O)C[C@@H](/C=C/c2c(C3CC3)nc3ccccc3c2-c2ccc(F)cc2)O1.[Ca+2].[Ca+2].[Cl-].[Cl-].[Na+]. The van der Waals surface area contributed by atoms with E-state index < -0.39 is 79.6 Å². The molecule has 8 aromatic carbocycles. The van der Waals surface area contributed by atoms with Gasteiger partial charge in [-0.1, -0.05) is 176 Å². The Bertz CT molecular complexity index is 6040. The Morgan fingerprint density at radius 1 is 0.471 bits per heavy atom. The fourth-order valence-corrected chi connectivity index (χ4v) is 15.7. The number of cyclic esters (lactones) is 1. The van der Waals surface area contributed by atoms with Gasteiger partial charge in [0.1, 0.15) is 29.4 Å². The molecule has 8 atom stereocenters. The molecule has 12 aromatic rings. The number of carbonyl (C=O) groups excluding carboxylic acids is 4. The van der Waals surface area contributed by atoms with Crippen molar-refractivity contribution in [3.63, 3.8) is 0 Å². The van der Waals surface area contributed by atoms with Crippen molar-refractivity contribution < 1.29 is 152 Å². The Kier molecular flexibility index (Phi) is 49.2. The standard InChI is InChI=1S/C27H28FNO4.C25H24FNO4.C25H22FNO4.C25H22FNO3.C2H3N.2Ca.4ClH.Na.H2O/c1-2-33-25(32)16-21(31)15-20(30)13-14-23-26(17-9-11-19(28)12-10-17)22-5-3-4-6-24(22)29-27(23)18-7-8-18;2*26-17-9-7-15(8-10-17)24-20-3-1-2-4-22(20)27-25(16-5-6-16)21(24)12-11-18(28)13-19(29)14-23(30)31;26-17-9-7-15(8-10-17)24-20-3-1-2-4-22(20)27-25(16-5-6-16)21(24)12-11-19-13-18(28)14-23(29)30-19;1-2-3;;;;;;;;/h3-6,9-14,18,20-21,30-31H,2,7-8,15-16H2,1H3;1-4,7-12,16,18-19,28-29H,5-6,13-14H2,(H,30,31);1-12,16,18-19,28-29H,13-14H2,(H,30,31);1-4,7-12,16,18-19,28H,5-6,13-14H2;1H3;;;4*1H;;1H2/q;;;;;2*+2;;;;;+1;/p-4/b14-13+;3*12-11+;;;;;;;;;/t20-,21-;3*18-,19-;;;;;;;;;/m1111........./s1. The number of allylic oxidation sites excluding steroid dienone is 2. The Labute approximate surface area is 892 Å². The van der Waals surface area contributed by atoms with Gasteiger partial charge in [-0.15, -0.1) is 24.8 Å². The van der Waals surface area contributed by atoms with Crippen LogP contribution in [0.15, 0.2) is 231 Å². The van der Waals surface area contributed by atoms with Crippen LogP contribution in [-0.2, 0) is 28.7 Å². The van der Waals surface area contributed by atoms with Gasteiger partial charge in [-0.25, -0.2) is 17.6 Å². The second-order valence-electron chi connectivity index (χ2n) is 32.3. The summed E-state index contributed by atoms with van der Waals surface area (Å²) in [5, 5.41) is 103. The molecule has 1 aliphatic heterocycles. The monoisotopic (exact) mass is 1990 g/mol. The van der Waals surface area contributed by atoms with Crippen molar-refractivity contribution in [1.82, 2.24) is 19.9 Å². The molecule has 4 fully saturated rings. The molecular formula is C104H101Ca2Cl4F4N5NaO16+. The summed E-state index contributed by atoms with van der Waals surface area (Å²) < 4.78 is 64.6. The zero-order valence-electron chi connectivity index (χ0n) is 74.9. The van der Waals surface area contributed by atoms with E-state index in [1.165, 1.54) is 61.5 Å². The van der Waals surface area contributed by atoms with E-state index in [0.717, 1.165) is 172 Å². The summed E-state index contributed by atoms with van der Waals surface area (Å²) in [6, 6.07) is 58.4. The molecule has 136 heavy (non-hydrogen) atoms. The van der Waals surface area contributed by atoms with Crippen LogP contribution in [0.25, 0.3) is 112 Å². The first-order valence-electron chi connectivity index (χ1n) is 42.8. The smallest absolute Gasteiger partial charge is 1.00 e. The van der Waals surface area contributed by atoms with Crippen LogP contribution in [0.4, 0.5) is 17.6 Å². The molecule has 32 heteroatoms. The number of rotatable bonds is 29. The number of para-hydroxylation sites is 4. The summed E-state index contributed by atoms with van der Waals surface area (Å²) in [7, 11) is 0. The average Bonchev–Trinajstić information content (AvgIpc) is 1.72. The number of nitriles is 1. The van der Waals surface area contributed by atoms with Gasteiger partial charge >= 0.3 is 117 Å². The Balaban J connectivity index is 0.000000311. The van der Waals surface area contributed by atoms with Gasteiger partial charge in [0, 0.05) is 147 Å². The third-order valence-electron chi connectivity index (χ3n) is 22.1. The van der Waals surface area contributed by atoms with Gasteiger partial charge in [0.15, 0.2) is 0 Å². The summed E-state index contributed by atoms with van der Waals surface area (Å²) in [6.07, 6.45) is 15.6. The van der Waals surface area contributed by atoms with Gasteiger partial charge in [-0.3, -0.25) is 29.5 Å². The normalized spacial score (nSPS) is 15.8. The van der Waals surface area contributed by atoms with E-state index in [-0.39, 0.29) is 234 Å². The minimum atomic E-state index is -1.37. The maximum absolute atomic E-state index is 13.6. The minimum Gasteiger partial charge on any atom is -1.00 e. The van der Waals surface area contributed by atoms with E-state index >= 15 is 0 Å². The molecule has 5 aliphatic rings. The van der Waals surface area contributed by atoms with E-state index in [4.69, 9.17) is 34.7 Å². The van der Waals surface area contributed by atoms with Crippen molar-refractivity contribution in [2.24, 2.45) is 0 Å². The number of hydrogen-bond donors (Lipinski definition) is 7. The molecule has 9 N–H and O–H groups in total. The number of aliphatic carboxylic acids is 2. The predicted octanol–water partition coefficient (Wildman–Crippen LogP) is 6.94. The number of halogens is 8. The second kappa shape index (κ2) is 56.7. The number of carbonyl (C=O) groups is 4. The first-order chi connectivity index (χ1) is 61.8. The number of aliphatic hydroxyl groups excluding tert-OH is 7. The van der Waals surface area contributed by atoms with E-state index in [0.29, 0.717) is 24.2 Å². The second-order valence-corrected chi connectivity index (χ2v) is 32.3. The fraction of sp³-hybridized carbons (Fsp3) is 0.279. The minimum absolute atomic E-state index is 0. The zero-order valence-corrected chi connectivity index (χ0v) is 84.5. The topological polar surface area (TPSA) is 381 Å². The van der Waals surface area contributed by atoms with E-state index in [1.807, 2.05) is 127 Å². The summed E-state index contributed by atoms with van der Waals surface area (Å²) in [5.74, 6) is -3.71. The molecular weight excluding hydrogens is 1900 g/mol. The molecule has 698 valence electrons. The number of aromatic nitrogens is 4. The van der Waals surface area contributed by atoms with Crippen LogP contribution >= 0.6 is 24.8 Å². The van der Waals surface area contributed by atoms with E-state index in [2.05, 4.69) is 0 Å². The maximum atomic E-state index is 13.6. The van der Waals surface area contributed by atoms with Crippen LogP contribution in [0.2, 0.25) is 0 Å². The van der Waals surface area contributed by atoms with Crippen LogP contribution in [0.5, 0.6) is 0 Å². The number of carboxylic acids is 2. The Hall–Kier alpha value is -8.45.